The van der Waals surface area contributed by atoms with E-state index in [0.29, 0.717) is 10.7 Å². The van der Waals surface area contributed by atoms with E-state index in [0.717, 1.165) is 11.1 Å². The van der Waals surface area contributed by atoms with Crippen molar-refractivity contribution >= 4 is 23.4 Å². The van der Waals surface area contributed by atoms with Gasteiger partial charge in [0.1, 0.15) is 0 Å². The summed E-state index contributed by atoms with van der Waals surface area (Å²) in [5, 5.41) is 11.7. The van der Waals surface area contributed by atoms with Crippen molar-refractivity contribution in [1.82, 2.24) is 0 Å². The first-order chi connectivity index (χ1) is 8.18. The zero-order valence-corrected chi connectivity index (χ0v) is 9.61. The zero-order chi connectivity index (χ0) is 12.3. The fourth-order valence-electron chi connectivity index (χ4n) is 1.62. The summed E-state index contributed by atoms with van der Waals surface area (Å²) in [6.07, 6.45) is -1.09. The van der Waals surface area contributed by atoms with Crippen molar-refractivity contribution in [1.29, 1.82) is 0 Å². The molecule has 0 spiro atoms. The highest BCUT2D eigenvalue weighted by atomic mass is 35.5. The van der Waals surface area contributed by atoms with Crippen LogP contribution in [0.1, 0.15) is 0 Å². The van der Waals surface area contributed by atoms with Crippen molar-refractivity contribution in [2.24, 2.45) is 0 Å². The van der Waals surface area contributed by atoms with Gasteiger partial charge in [0.15, 0.2) is 0 Å². The monoisotopic (exact) mass is 247 g/mol. The molecule has 2 aromatic rings. The number of amides is 1. The maximum absolute atomic E-state index is 10.7. The molecule has 3 nitrogen and oxygen atoms in total. The molecule has 2 N–H and O–H groups in total. The number of nitrogens with one attached hydrogen (secondary N) is 1. The van der Waals surface area contributed by atoms with Gasteiger partial charge >= 0.3 is 6.09 Å². The van der Waals surface area contributed by atoms with Crippen molar-refractivity contribution in [3.05, 3.63) is 53.6 Å². The minimum absolute atomic E-state index is 0.521. The van der Waals surface area contributed by atoms with Crippen LogP contribution in [0.4, 0.5) is 10.5 Å². The Morgan fingerprint density at radius 1 is 1.00 bits per heavy atom. The van der Waals surface area contributed by atoms with Gasteiger partial charge in [0.2, 0.25) is 0 Å². The zero-order valence-electron chi connectivity index (χ0n) is 8.85. The number of rotatable bonds is 2. The van der Waals surface area contributed by atoms with Crippen molar-refractivity contribution in [2.75, 3.05) is 5.32 Å². The molecule has 0 aliphatic heterocycles. The smallest absolute Gasteiger partial charge is 0.409 e. The Morgan fingerprint density at radius 2 is 1.59 bits per heavy atom. The van der Waals surface area contributed by atoms with Crippen LogP contribution in [0.2, 0.25) is 5.02 Å². The van der Waals surface area contributed by atoms with Gasteiger partial charge in [-0.2, -0.15) is 0 Å². The second-order valence-electron chi connectivity index (χ2n) is 3.46. The van der Waals surface area contributed by atoms with Gasteiger partial charge < -0.3 is 5.11 Å². The van der Waals surface area contributed by atoms with Crippen LogP contribution >= 0.6 is 11.6 Å². The number of hydrogen-bond acceptors (Lipinski definition) is 1. The lowest BCUT2D eigenvalue weighted by Gasteiger charge is -2.10. The Morgan fingerprint density at radius 3 is 2.24 bits per heavy atom. The van der Waals surface area contributed by atoms with Crippen LogP contribution in [0.15, 0.2) is 48.5 Å². The van der Waals surface area contributed by atoms with E-state index in [1.165, 1.54) is 0 Å². The molecule has 0 atom stereocenters. The van der Waals surface area contributed by atoms with Crippen molar-refractivity contribution < 1.29 is 9.90 Å². The molecule has 17 heavy (non-hydrogen) atoms. The fraction of sp³-hybridized carbons (Fsp3) is 0. The molecule has 86 valence electrons. The molecule has 1 amide bonds. The average Bonchev–Trinajstić information content (AvgIpc) is 2.30. The lowest BCUT2D eigenvalue weighted by atomic mass is 10.0. The van der Waals surface area contributed by atoms with Gasteiger partial charge in [-0.3, -0.25) is 5.32 Å². The van der Waals surface area contributed by atoms with Gasteiger partial charge in [-0.25, -0.2) is 4.79 Å². The molecule has 0 heterocycles. The molecule has 2 rings (SSSR count). The quantitative estimate of drug-likeness (QED) is 0.839. The van der Waals surface area contributed by atoms with Gasteiger partial charge in [0.25, 0.3) is 0 Å². The molecular formula is C13H10ClNO2. The van der Waals surface area contributed by atoms with E-state index in [4.69, 9.17) is 16.7 Å². The summed E-state index contributed by atoms with van der Waals surface area (Å²) < 4.78 is 0. The molecule has 2 aromatic carbocycles. The Hall–Kier alpha value is -2.00. The third-order valence-electron chi connectivity index (χ3n) is 2.33. The first kappa shape index (κ1) is 11.5. The third kappa shape index (κ3) is 2.57. The molecule has 0 unspecified atom stereocenters. The Balaban J connectivity index is 2.52. The van der Waals surface area contributed by atoms with Gasteiger partial charge in [-0.05, 0) is 12.1 Å². The number of hydrogen-bond donors (Lipinski definition) is 2. The van der Waals surface area contributed by atoms with Crippen LogP contribution < -0.4 is 5.32 Å². The first-order valence-electron chi connectivity index (χ1n) is 5.02. The molecule has 4 heteroatoms. The average molecular weight is 248 g/mol. The maximum atomic E-state index is 10.7. The van der Waals surface area contributed by atoms with E-state index in [2.05, 4.69) is 5.32 Å². The van der Waals surface area contributed by atoms with Gasteiger partial charge in [0, 0.05) is 16.1 Å². The summed E-state index contributed by atoms with van der Waals surface area (Å²) in [6.45, 7) is 0. The maximum Gasteiger partial charge on any atom is 0.409 e. The van der Waals surface area contributed by atoms with Crippen LogP contribution in [0.5, 0.6) is 0 Å². The molecule has 0 fully saturated rings. The number of para-hydroxylation sites is 1. The second-order valence-corrected chi connectivity index (χ2v) is 3.86. The summed E-state index contributed by atoms with van der Waals surface area (Å²) in [5.74, 6) is 0. The summed E-state index contributed by atoms with van der Waals surface area (Å²) >= 11 is 6.09. The standard InChI is InChI=1S/C13H10ClNO2/c14-11-7-3-1-5-9(11)10-6-2-4-8-12(10)15-13(16)17/h1-8,15H,(H,16,17). The van der Waals surface area contributed by atoms with E-state index in [1.54, 1.807) is 18.2 Å². The van der Waals surface area contributed by atoms with Crippen LogP contribution in [0.25, 0.3) is 11.1 Å². The van der Waals surface area contributed by atoms with E-state index < -0.39 is 6.09 Å². The largest absolute Gasteiger partial charge is 0.465 e. The highest BCUT2D eigenvalue weighted by Crippen LogP contribution is 2.32. The van der Waals surface area contributed by atoms with Crippen LogP contribution in [0, 0.1) is 0 Å². The first-order valence-corrected chi connectivity index (χ1v) is 5.40. The van der Waals surface area contributed by atoms with Crippen LogP contribution in [-0.2, 0) is 0 Å². The van der Waals surface area contributed by atoms with Crippen LogP contribution in [-0.4, -0.2) is 11.2 Å². The lowest BCUT2D eigenvalue weighted by molar-refractivity contribution is 0.210. The number of anilines is 1. The summed E-state index contributed by atoms with van der Waals surface area (Å²) in [6, 6.07) is 14.5. The Labute approximate surface area is 104 Å². The van der Waals surface area contributed by atoms with E-state index in [9.17, 15) is 4.79 Å². The molecule has 0 bridgehead atoms. The Bertz CT molecular complexity index is 555. The predicted octanol–water partition coefficient (Wildman–Crippen LogP) is 4.10. The van der Waals surface area contributed by atoms with Gasteiger partial charge in [-0.1, -0.05) is 48.0 Å². The minimum Gasteiger partial charge on any atom is -0.465 e. The topological polar surface area (TPSA) is 49.3 Å². The highest BCUT2D eigenvalue weighted by molar-refractivity contribution is 6.33. The summed E-state index contributed by atoms with van der Waals surface area (Å²) in [7, 11) is 0. The molecule has 0 saturated heterocycles. The number of halogens is 1. The number of carbonyl (C=O) groups is 1. The van der Waals surface area contributed by atoms with E-state index >= 15 is 0 Å². The van der Waals surface area contributed by atoms with Gasteiger partial charge in [0.05, 0.1) is 5.69 Å². The number of benzene rings is 2. The SMILES string of the molecule is O=C(O)Nc1ccccc1-c1ccccc1Cl. The summed E-state index contributed by atoms with van der Waals surface area (Å²) in [5.41, 5.74) is 2.09. The molecule has 0 radical (unpaired) electrons. The molecule has 0 aliphatic carbocycles. The van der Waals surface area contributed by atoms with E-state index in [-0.39, 0.29) is 0 Å². The third-order valence-corrected chi connectivity index (χ3v) is 2.66. The van der Waals surface area contributed by atoms with Crippen molar-refractivity contribution in [2.45, 2.75) is 0 Å². The molecule has 0 saturated carbocycles. The summed E-state index contributed by atoms with van der Waals surface area (Å²) in [4.78, 5) is 10.7. The van der Waals surface area contributed by atoms with Crippen molar-refractivity contribution in [3.63, 3.8) is 0 Å². The second kappa shape index (κ2) is 4.89. The van der Waals surface area contributed by atoms with Crippen molar-refractivity contribution in [3.8, 4) is 11.1 Å². The van der Waals surface area contributed by atoms with Crippen LogP contribution in [0.3, 0.4) is 0 Å². The normalized spacial score (nSPS) is 9.94. The molecule has 0 aromatic heterocycles. The molecular weight excluding hydrogens is 238 g/mol. The lowest BCUT2D eigenvalue weighted by Crippen LogP contribution is -2.08. The Kier molecular flexibility index (Phi) is 3.30. The fourth-order valence-corrected chi connectivity index (χ4v) is 1.86. The number of carboxylic acid groups (broad SMARTS) is 1. The van der Waals surface area contributed by atoms with E-state index in [1.807, 2.05) is 30.3 Å². The predicted molar refractivity (Wildman–Crippen MR) is 68.5 cm³/mol. The van der Waals surface area contributed by atoms with Gasteiger partial charge in [-0.15, -0.1) is 0 Å². The molecule has 0 aliphatic rings. The minimum atomic E-state index is -1.09. The highest BCUT2D eigenvalue weighted by Gasteiger charge is 2.09.